The van der Waals surface area contributed by atoms with Crippen LogP contribution in [-0.2, 0) is 0 Å². The fraction of sp³-hybridized carbons (Fsp3) is 0.636. The first-order valence-corrected chi connectivity index (χ1v) is 6.93. The van der Waals surface area contributed by atoms with Gasteiger partial charge in [-0.3, -0.25) is 4.90 Å². The lowest BCUT2D eigenvalue weighted by Gasteiger charge is -2.30. The zero-order chi connectivity index (χ0) is 11.0. The summed E-state index contributed by atoms with van der Waals surface area (Å²) in [4.78, 5) is 3.80. The quantitative estimate of drug-likeness (QED) is 0.923. The van der Waals surface area contributed by atoms with Crippen LogP contribution in [-0.4, -0.2) is 24.0 Å². The highest BCUT2D eigenvalue weighted by atomic mass is 79.9. The molecule has 1 aliphatic rings. The molecule has 1 heterocycles. The molecule has 0 bridgehead atoms. The van der Waals surface area contributed by atoms with Crippen LogP contribution in [0, 0.1) is 0 Å². The lowest BCUT2D eigenvalue weighted by atomic mass is 10.1. The van der Waals surface area contributed by atoms with Gasteiger partial charge >= 0.3 is 0 Å². The number of hydrogen-bond acceptors (Lipinski definition) is 3. The molecule has 1 aromatic heterocycles. The van der Waals surface area contributed by atoms with Gasteiger partial charge in [0.05, 0.1) is 9.83 Å². The van der Waals surface area contributed by atoms with E-state index in [1.54, 1.807) is 11.3 Å². The monoisotopic (exact) mass is 288 g/mol. The summed E-state index contributed by atoms with van der Waals surface area (Å²) >= 11 is 5.30. The van der Waals surface area contributed by atoms with Gasteiger partial charge in [0, 0.05) is 17.0 Å². The predicted octanol–water partition coefficient (Wildman–Crippen LogP) is 2.99. The third-order valence-corrected chi connectivity index (χ3v) is 4.64. The van der Waals surface area contributed by atoms with Gasteiger partial charge in [-0.05, 0) is 54.9 Å². The fourth-order valence-electron chi connectivity index (χ4n) is 2.03. The Morgan fingerprint density at radius 1 is 1.53 bits per heavy atom. The third kappa shape index (κ3) is 2.61. The number of halogens is 1. The van der Waals surface area contributed by atoms with Crippen LogP contribution in [0.2, 0.25) is 0 Å². The Bertz CT molecular complexity index is 333. The maximum absolute atomic E-state index is 6.09. The molecule has 2 rings (SSSR count). The number of nitrogens with two attached hydrogens (primary N) is 1. The Kier molecular flexibility index (Phi) is 3.50. The summed E-state index contributed by atoms with van der Waals surface area (Å²) in [6.45, 7) is 2.09. The van der Waals surface area contributed by atoms with E-state index < -0.39 is 0 Å². The van der Waals surface area contributed by atoms with E-state index in [0.717, 1.165) is 6.04 Å². The summed E-state index contributed by atoms with van der Waals surface area (Å²) in [6, 6.07) is 5.59. The van der Waals surface area contributed by atoms with Crippen molar-refractivity contribution in [2.45, 2.75) is 37.9 Å². The largest absolute Gasteiger partial charge is 0.326 e. The van der Waals surface area contributed by atoms with Crippen molar-refractivity contribution in [2.75, 3.05) is 7.05 Å². The molecular weight excluding hydrogens is 272 g/mol. The van der Waals surface area contributed by atoms with E-state index in [1.165, 1.54) is 21.5 Å². The van der Waals surface area contributed by atoms with E-state index in [4.69, 9.17) is 5.73 Å². The van der Waals surface area contributed by atoms with Crippen LogP contribution >= 0.6 is 27.3 Å². The second-order valence-electron chi connectivity index (χ2n) is 4.34. The smallest absolute Gasteiger partial charge is 0.0702 e. The standard InChI is InChI=1S/C11H17BrN2S/c1-7(13)11(14(2)8-3-4-8)9-5-6-10(12)15-9/h5-8,11H,3-4,13H2,1-2H3. The van der Waals surface area contributed by atoms with Gasteiger partial charge in [-0.1, -0.05) is 0 Å². The van der Waals surface area contributed by atoms with Crippen molar-refractivity contribution in [1.82, 2.24) is 4.90 Å². The second-order valence-corrected chi connectivity index (χ2v) is 6.84. The first-order chi connectivity index (χ1) is 7.09. The zero-order valence-corrected chi connectivity index (χ0v) is 11.5. The van der Waals surface area contributed by atoms with Crippen LogP contribution in [0.25, 0.3) is 0 Å². The summed E-state index contributed by atoms with van der Waals surface area (Å²) < 4.78 is 1.19. The summed E-state index contributed by atoms with van der Waals surface area (Å²) in [5.74, 6) is 0. The van der Waals surface area contributed by atoms with Crippen molar-refractivity contribution in [3.05, 3.63) is 20.8 Å². The van der Waals surface area contributed by atoms with Crippen LogP contribution in [0.5, 0.6) is 0 Å². The van der Waals surface area contributed by atoms with Gasteiger partial charge in [-0.25, -0.2) is 0 Å². The average molecular weight is 289 g/mol. The molecule has 0 radical (unpaired) electrons. The molecule has 2 atom stereocenters. The molecule has 0 aliphatic heterocycles. The SMILES string of the molecule is CC(N)C(c1ccc(Br)s1)N(C)C1CC1. The molecule has 0 spiro atoms. The summed E-state index contributed by atoms with van der Waals surface area (Å²) in [5.41, 5.74) is 6.09. The van der Waals surface area contributed by atoms with Crippen LogP contribution in [0.1, 0.15) is 30.7 Å². The van der Waals surface area contributed by atoms with Gasteiger partial charge < -0.3 is 5.73 Å². The molecule has 2 nitrogen and oxygen atoms in total. The van der Waals surface area contributed by atoms with Gasteiger partial charge in [0.1, 0.15) is 0 Å². The molecule has 4 heteroatoms. The number of rotatable bonds is 4. The van der Waals surface area contributed by atoms with Crippen molar-refractivity contribution in [1.29, 1.82) is 0 Å². The van der Waals surface area contributed by atoms with Crippen molar-refractivity contribution >= 4 is 27.3 Å². The van der Waals surface area contributed by atoms with E-state index in [-0.39, 0.29) is 6.04 Å². The molecule has 1 saturated carbocycles. The normalized spacial score (nSPS) is 20.6. The van der Waals surface area contributed by atoms with Crippen molar-refractivity contribution < 1.29 is 0 Å². The first kappa shape index (κ1) is 11.6. The number of thiophene rings is 1. The lowest BCUT2D eigenvalue weighted by molar-refractivity contribution is 0.213. The average Bonchev–Trinajstić information content (AvgIpc) is 2.91. The predicted molar refractivity (Wildman–Crippen MR) is 69.2 cm³/mol. The molecule has 2 N–H and O–H groups in total. The minimum atomic E-state index is 0.182. The minimum absolute atomic E-state index is 0.182. The Hall–Kier alpha value is 0.1000. The zero-order valence-electron chi connectivity index (χ0n) is 9.11. The summed E-state index contributed by atoms with van der Waals surface area (Å²) in [5, 5.41) is 0. The topological polar surface area (TPSA) is 29.3 Å². The maximum Gasteiger partial charge on any atom is 0.0702 e. The molecular formula is C11H17BrN2S. The molecule has 1 aliphatic carbocycles. The van der Waals surface area contributed by atoms with Crippen molar-refractivity contribution in [3.63, 3.8) is 0 Å². The van der Waals surface area contributed by atoms with Crippen LogP contribution in [0.4, 0.5) is 0 Å². The molecule has 1 aromatic rings. The van der Waals surface area contributed by atoms with E-state index in [2.05, 4.69) is 46.9 Å². The number of nitrogens with zero attached hydrogens (tertiary/aromatic N) is 1. The highest BCUT2D eigenvalue weighted by molar-refractivity contribution is 9.11. The Morgan fingerprint density at radius 3 is 2.60 bits per heavy atom. The van der Waals surface area contributed by atoms with E-state index >= 15 is 0 Å². The first-order valence-electron chi connectivity index (χ1n) is 5.32. The molecule has 0 amide bonds. The van der Waals surface area contributed by atoms with Gasteiger partial charge in [0.2, 0.25) is 0 Å². The van der Waals surface area contributed by atoms with Crippen LogP contribution < -0.4 is 5.73 Å². The maximum atomic E-state index is 6.09. The van der Waals surface area contributed by atoms with Crippen molar-refractivity contribution in [2.24, 2.45) is 5.73 Å². The van der Waals surface area contributed by atoms with Gasteiger partial charge in [-0.2, -0.15) is 0 Å². The van der Waals surface area contributed by atoms with Crippen molar-refractivity contribution in [3.8, 4) is 0 Å². The van der Waals surface area contributed by atoms with Gasteiger partial charge in [0.25, 0.3) is 0 Å². The fourth-order valence-corrected chi connectivity index (χ4v) is 3.72. The van der Waals surface area contributed by atoms with Gasteiger partial charge in [-0.15, -0.1) is 11.3 Å². The highest BCUT2D eigenvalue weighted by Gasteiger charge is 2.34. The summed E-state index contributed by atoms with van der Waals surface area (Å²) in [7, 11) is 2.19. The number of likely N-dealkylation sites (N-methyl/N-ethyl adjacent to an activating group) is 1. The Morgan fingerprint density at radius 2 is 2.20 bits per heavy atom. The molecule has 0 aromatic carbocycles. The molecule has 15 heavy (non-hydrogen) atoms. The Labute approximate surface area is 104 Å². The van der Waals surface area contributed by atoms with E-state index in [9.17, 15) is 0 Å². The molecule has 84 valence electrons. The van der Waals surface area contributed by atoms with E-state index in [0.29, 0.717) is 6.04 Å². The lowest BCUT2D eigenvalue weighted by Crippen LogP contribution is -2.37. The summed E-state index contributed by atoms with van der Waals surface area (Å²) in [6.07, 6.45) is 2.65. The number of hydrogen-bond donors (Lipinski definition) is 1. The van der Waals surface area contributed by atoms with Crippen LogP contribution in [0.3, 0.4) is 0 Å². The molecule has 0 saturated heterocycles. The minimum Gasteiger partial charge on any atom is -0.326 e. The highest BCUT2D eigenvalue weighted by Crippen LogP contribution is 2.37. The van der Waals surface area contributed by atoms with Crippen LogP contribution in [0.15, 0.2) is 15.9 Å². The second kappa shape index (κ2) is 4.53. The van der Waals surface area contributed by atoms with Gasteiger partial charge in [0.15, 0.2) is 0 Å². The third-order valence-electron chi connectivity index (χ3n) is 2.95. The molecule has 2 unspecified atom stereocenters. The Balaban J connectivity index is 2.18. The molecule has 1 fully saturated rings. The van der Waals surface area contributed by atoms with E-state index in [1.807, 2.05) is 0 Å².